The van der Waals surface area contributed by atoms with Crippen LogP contribution in [0, 0.1) is 0 Å². The third-order valence-corrected chi connectivity index (χ3v) is 1.68. The molecule has 0 unspecified atom stereocenters. The van der Waals surface area contributed by atoms with E-state index in [1.165, 1.54) is 0 Å². The first-order valence-corrected chi connectivity index (χ1v) is 3.50. The molecule has 2 nitrogen and oxygen atoms in total. The molecule has 1 heterocycles. The molecule has 11 heavy (non-hydrogen) atoms. The van der Waals surface area contributed by atoms with E-state index in [-0.39, 0.29) is 5.75 Å². The van der Waals surface area contributed by atoms with E-state index in [1.54, 1.807) is 18.4 Å². The molecule has 1 aliphatic rings. The summed E-state index contributed by atoms with van der Waals surface area (Å²) < 4.78 is 5.16. The summed E-state index contributed by atoms with van der Waals surface area (Å²) >= 11 is 0. The van der Waals surface area contributed by atoms with Gasteiger partial charge in [-0.3, -0.25) is 0 Å². The molecule has 56 valence electrons. The zero-order chi connectivity index (χ0) is 7.68. The van der Waals surface area contributed by atoms with Crippen LogP contribution in [0.3, 0.4) is 0 Å². The van der Waals surface area contributed by atoms with E-state index < -0.39 is 0 Å². The van der Waals surface area contributed by atoms with Gasteiger partial charge in [0.2, 0.25) is 0 Å². The van der Waals surface area contributed by atoms with Crippen LogP contribution in [0.25, 0.3) is 0 Å². The summed E-state index contributed by atoms with van der Waals surface area (Å²) in [6.07, 6.45) is 4.47. The standard InChI is InChI=1S/C9H8O2/c10-8-4-3-7-2-1-5-11-9(7)6-8/h1,3-6,10H,2H2. The second-order valence-corrected chi connectivity index (χ2v) is 2.49. The number of fused-ring (bicyclic) bond motifs is 1. The van der Waals surface area contributed by atoms with Gasteiger partial charge in [0.05, 0.1) is 6.26 Å². The average molecular weight is 148 g/mol. The van der Waals surface area contributed by atoms with E-state index in [2.05, 4.69) is 0 Å². The van der Waals surface area contributed by atoms with E-state index in [9.17, 15) is 0 Å². The molecule has 0 amide bonds. The largest absolute Gasteiger partial charge is 0.508 e. The maximum atomic E-state index is 9.08. The molecule has 1 aromatic rings. The Morgan fingerprint density at radius 3 is 3.18 bits per heavy atom. The lowest BCUT2D eigenvalue weighted by Crippen LogP contribution is -1.94. The smallest absolute Gasteiger partial charge is 0.133 e. The Labute approximate surface area is 64.7 Å². The van der Waals surface area contributed by atoms with Crippen LogP contribution in [0.15, 0.2) is 30.5 Å². The van der Waals surface area contributed by atoms with E-state index >= 15 is 0 Å². The van der Waals surface area contributed by atoms with Crippen molar-refractivity contribution < 1.29 is 9.84 Å². The Morgan fingerprint density at radius 1 is 1.36 bits per heavy atom. The Balaban J connectivity index is 2.48. The fraction of sp³-hybridized carbons (Fsp3) is 0.111. The van der Waals surface area contributed by atoms with Crippen molar-refractivity contribution in [1.29, 1.82) is 0 Å². The summed E-state index contributed by atoms with van der Waals surface area (Å²) in [6.45, 7) is 0. The zero-order valence-corrected chi connectivity index (χ0v) is 5.95. The van der Waals surface area contributed by atoms with Gasteiger partial charge in [-0.2, -0.15) is 0 Å². The molecule has 2 heteroatoms. The third-order valence-electron chi connectivity index (χ3n) is 1.68. The maximum Gasteiger partial charge on any atom is 0.133 e. The summed E-state index contributed by atoms with van der Waals surface area (Å²) in [5.41, 5.74) is 1.12. The summed E-state index contributed by atoms with van der Waals surface area (Å²) in [4.78, 5) is 0. The SMILES string of the molecule is Oc1ccc2c(c1)OC=CC2. The normalized spacial score (nSPS) is 13.8. The predicted octanol–water partition coefficient (Wildman–Crippen LogP) is 1.84. The van der Waals surface area contributed by atoms with Crippen molar-refractivity contribution in [2.24, 2.45) is 0 Å². The van der Waals surface area contributed by atoms with Crippen molar-refractivity contribution in [2.75, 3.05) is 0 Å². The Morgan fingerprint density at radius 2 is 2.27 bits per heavy atom. The van der Waals surface area contributed by atoms with Gasteiger partial charge in [0, 0.05) is 6.07 Å². The molecule has 0 radical (unpaired) electrons. The minimum atomic E-state index is 0.249. The number of ether oxygens (including phenoxy) is 1. The van der Waals surface area contributed by atoms with E-state index in [0.29, 0.717) is 0 Å². The van der Waals surface area contributed by atoms with Crippen LogP contribution < -0.4 is 4.74 Å². The van der Waals surface area contributed by atoms with Crippen LogP contribution in [0.2, 0.25) is 0 Å². The van der Waals surface area contributed by atoms with Gasteiger partial charge in [-0.15, -0.1) is 0 Å². The molecule has 2 rings (SSSR count). The first kappa shape index (κ1) is 6.28. The lowest BCUT2D eigenvalue weighted by atomic mass is 10.1. The molecule has 0 spiro atoms. The monoisotopic (exact) mass is 148 g/mol. The molecule has 0 aliphatic carbocycles. The van der Waals surface area contributed by atoms with Crippen molar-refractivity contribution >= 4 is 0 Å². The number of phenolic OH excluding ortho intramolecular Hbond substituents is 1. The van der Waals surface area contributed by atoms with Crippen LogP contribution in [-0.4, -0.2) is 5.11 Å². The highest BCUT2D eigenvalue weighted by Gasteiger charge is 2.05. The number of rotatable bonds is 0. The quantitative estimate of drug-likeness (QED) is 0.608. The van der Waals surface area contributed by atoms with Crippen LogP contribution in [0.1, 0.15) is 5.56 Å². The molecule has 0 bridgehead atoms. The fourth-order valence-electron chi connectivity index (χ4n) is 1.12. The van der Waals surface area contributed by atoms with Crippen LogP contribution in [0.4, 0.5) is 0 Å². The lowest BCUT2D eigenvalue weighted by Gasteiger charge is -2.10. The number of allylic oxidation sites excluding steroid dienone is 1. The predicted molar refractivity (Wildman–Crippen MR) is 41.6 cm³/mol. The highest BCUT2D eigenvalue weighted by atomic mass is 16.5. The molecule has 1 N–H and O–H groups in total. The molecule has 0 fully saturated rings. The fourth-order valence-corrected chi connectivity index (χ4v) is 1.12. The molecule has 0 saturated heterocycles. The highest BCUT2D eigenvalue weighted by Crippen LogP contribution is 2.26. The van der Waals surface area contributed by atoms with Crippen molar-refractivity contribution in [3.63, 3.8) is 0 Å². The summed E-state index contributed by atoms with van der Waals surface area (Å²) in [5, 5.41) is 9.08. The van der Waals surface area contributed by atoms with Gasteiger partial charge in [-0.1, -0.05) is 6.07 Å². The van der Waals surface area contributed by atoms with Crippen LogP contribution >= 0.6 is 0 Å². The maximum absolute atomic E-state index is 9.08. The minimum absolute atomic E-state index is 0.249. The molecular weight excluding hydrogens is 140 g/mol. The molecule has 1 aliphatic heterocycles. The van der Waals surface area contributed by atoms with Gasteiger partial charge in [0.15, 0.2) is 0 Å². The molecule has 1 aromatic carbocycles. The van der Waals surface area contributed by atoms with Gasteiger partial charge < -0.3 is 9.84 Å². The third kappa shape index (κ3) is 1.07. The van der Waals surface area contributed by atoms with Gasteiger partial charge >= 0.3 is 0 Å². The number of hydrogen-bond acceptors (Lipinski definition) is 2. The van der Waals surface area contributed by atoms with Crippen molar-refractivity contribution in [3.05, 3.63) is 36.1 Å². The first-order chi connectivity index (χ1) is 5.36. The number of benzene rings is 1. The Hall–Kier alpha value is -1.44. The second-order valence-electron chi connectivity index (χ2n) is 2.49. The minimum Gasteiger partial charge on any atom is -0.508 e. The average Bonchev–Trinajstić information content (AvgIpc) is 2.04. The number of aromatic hydroxyl groups is 1. The Bertz CT molecular complexity index is 302. The zero-order valence-electron chi connectivity index (χ0n) is 5.95. The van der Waals surface area contributed by atoms with Gasteiger partial charge in [0.1, 0.15) is 11.5 Å². The molecular formula is C9H8O2. The number of phenols is 1. The topological polar surface area (TPSA) is 29.5 Å². The van der Waals surface area contributed by atoms with Crippen LogP contribution in [-0.2, 0) is 6.42 Å². The number of hydrogen-bond donors (Lipinski definition) is 1. The van der Waals surface area contributed by atoms with Gasteiger partial charge in [0.25, 0.3) is 0 Å². The molecule has 0 atom stereocenters. The molecule has 0 saturated carbocycles. The summed E-state index contributed by atoms with van der Waals surface area (Å²) in [7, 11) is 0. The van der Waals surface area contributed by atoms with Crippen LogP contribution in [0.5, 0.6) is 11.5 Å². The van der Waals surface area contributed by atoms with E-state index in [1.807, 2.05) is 12.1 Å². The van der Waals surface area contributed by atoms with E-state index in [4.69, 9.17) is 9.84 Å². The van der Waals surface area contributed by atoms with Gasteiger partial charge in [-0.25, -0.2) is 0 Å². The van der Waals surface area contributed by atoms with Crippen molar-refractivity contribution in [3.8, 4) is 11.5 Å². The van der Waals surface area contributed by atoms with Crippen molar-refractivity contribution in [2.45, 2.75) is 6.42 Å². The van der Waals surface area contributed by atoms with Crippen molar-refractivity contribution in [1.82, 2.24) is 0 Å². The summed E-state index contributed by atoms with van der Waals surface area (Å²) in [5.74, 6) is 1.01. The van der Waals surface area contributed by atoms with Gasteiger partial charge in [-0.05, 0) is 24.1 Å². The Kier molecular flexibility index (Phi) is 1.32. The highest BCUT2D eigenvalue weighted by molar-refractivity contribution is 5.42. The second kappa shape index (κ2) is 2.31. The summed E-state index contributed by atoms with van der Waals surface area (Å²) in [6, 6.07) is 5.16. The van der Waals surface area contributed by atoms with E-state index in [0.717, 1.165) is 17.7 Å². The first-order valence-electron chi connectivity index (χ1n) is 3.50. The lowest BCUT2D eigenvalue weighted by molar-refractivity contribution is 0.445. The molecule has 0 aromatic heterocycles.